The number of aromatic amines is 2. The van der Waals surface area contributed by atoms with Crippen molar-refractivity contribution in [2.45, 2.75) is 0 Å². The van der Waals surface area contributed by atoms with Gasteiger partial charge in [-0.15, -0.1) is 0 Å². The molecule has 1 aromatic carbocycles. The Bertz CT molecular complexity index is 742. The molecule has 0 aliphatic rings. The number of nitrogens with one attached hydrogen (secondary N) is 2. The minimum atomic E-state index is -1.05. The first-order chi connectivity index (χ1) is 8.66. The third kappa shape index (κ3) is 1.48. The minimum Gasteiger partial charge on any atom is -0.477 e. The number of halogens is 1. The van der Waals surface area contributed by atoms with Crippen molar-refractivity contribution < 1.29 is 14.3 Å². The van der Waals surface area contributed by atoms with Crippen LogP contribution in [0, 0.1) is 5.82 Å². The number of aromatic carboxylic acids is 1. The highest BCUT2D eigenvalue weighted by Gasteiger charge is 2.15. The Morgan fingerprint density at radius 2 is 2.11 bits per heavy atom. The van der Waals surface area contributed by atoms with Gasteiger partial charge in [0.1, 0.15) is 11.5 Å². The molecule has 5 heteroatoms. The van der Waals surface area contributed by atoms with Gasteiger partial charge < -0.3 is 15.1 Å². The third-order valence-electron chi connectivity index (χ3n) is 2.86. The Hall–Kier alpha value is -2.56. The van der Waals surface area contributed by atoms with E-state index in [9.17, 15) is 9.18 Å². The average molecular weight is 244 g/mol. The maximum absolute atomic E-state index is 13.5. The van der Waals surface area contributed by atoms with Crippen molar-refractivity contribution in [2.24, 2.45) is 0 Å². The van der Waals surface area contributed by atoms with Crippen LogP contribution in [-0.4, -0.2) is 21.0 Å². The Morgan fingerprint density at radius 3 is 2.83 bits per heavy atom. The van der Waals surface area contributed by atoms with Gasteiger partial charge in [-0.2, -0.15) is 0 Å². The Morgan fingerprint density at radius 1 is 1.28 bits per heavy atom. The van der Waals surface area contributed by atoms with Crippen molar-refractivity contribution >= 4 is 16.9 Å². The number of aromatic nitrogens is 2. The van der Waals surface area contributed by atoms with E-state index in [0.717, 1.165) is 0 Å². The van der Waals surface area contributed by atoms with E-state index in [2.05, 4.69) is 9.97 Å². The summed E-state index contributed by atoms with van der Waals surface area (Å²) in [7, 11) is 0. The van der Waals surface area contributed by atoms with Gasteiger partial charge in [0.25, 0.3) is 0 Å². The van der Waals surface area contributed by atoms with E-state index < -0.39 is 5.97 Å². The van der Waals surface area contributed by atoms with Crippen molar-refractivity contribution in [3.63, 3.8) is 0 Å². The second kappa shape index (κ2) is 3.73. The standard InChI is InChI=1S/C13H9FN2O2/c14-9-3-1-2-7-6-10(16-11(7)9)8-4-5-15-12(8)13(17)18/h1-6,15-16H,(H,17,18). The quantitative estimate of drug-likeness (QED) is 0.648. The van der Waals surface area contributed by atoms with Crippen molar-refractivity contribution in [1.29, 1.82) is 0 Å². The minimum absolute atomic E-state index is 0.0852. The number of carboxylic acids is 1. The van der Waals surface area contributed by atoms with E-state index in [1.54, 1.807) is 30.5 Å². The average Bonchev–Trinajstić information content (AvgIpc) is 2.95. The zero-order chi connectivity index (χ0) is 12.7. The molecule has 0 radical (unpaired) electrons. The molecule has 3 aromatic rings. The molecule has 4 nitrogen and oxygen atoms in total. The Balaban J connectivity index is 2.23. The fraction of sp³-hybridized carbons (Fsp3) is 0. The lowest BCUT2D eigenvalue weighted by atomic mass is 10.1. The van der Waals surface area contributed by atoms with Gasteiger partial charge in [-0.05, 0) is 18.2 Å². The monoisotopic (exact) mass is 244 g/mol. The van der Waals surface area contributed by atoms with Crippen LogP contribution in [0.2, 0.25) is 0 Å². The number of carbonyl (C=O) groups is 1. The SMILES string of the molecule is O=C(O)c1[nH]ccc1-c1cc2cccc(F)c2[nH]1. The molecule has 0 aliphatic carbocycles. The molecule has 0 spiro atoms. The molecule has 0 saturated heterocycles. The van der Waals surface area contributed by atoms with Gasteiger partial charge in [0.15, 0.2) is 0 Å². The van der Waals surface area contributed by atoms with Gasteiger partial charge in [0.05, 0.1) is 5.52 Å². The van der Waals surface area contributed by atoms with Gasteiger partial charge in [-0.1, -0.05) is 12.1 Å². The van der Waals surface area contributed by atoms with Crippen LogP contribution in [0.25, 0.3) is 22.2 Å². The predicted molar refractivity (Wildman–Crippen MR) is 65.0 cm³/mol. The molecule has 0 atom stereocenters. The highest BCUT2D eigenvalue weighted by Crippen LogP contribution is 2.27. The lowest BCUT2D eigenvalue weighted by Gasteiger charge is -1.96. The normalized spacial score (nSPS) is 10.9. The van der Waals surface area contributed by atoms with Gasteiger partial charge in [-0.25, -0.2) is 9.18 Å². The molecule has 0 saturated carbocycles. The lowest BCUT2D eigenvalue weighted by Crippen LogP contribution is -1.98. The van der Waals surface area contributed by atoms with Crippen LogP contribution in [0.4, 0.5) is 4.39 Å². The van der Waals surface area contributed by atoms with Crippen LogP contribution in [0.1, 0.15) is 10.5 Å². The zero-order valence-corrected chi connectivity index (χ0v) is 9.20. The summed E-state index contributed by atoms with van der Waals surface area (Å²) < 4.78 is 13.5. The smallest absolute Gasteiger partial charge is 0.353 e. The summed E-state index contributed by atoms with van der Waals surface area (Å²) in [5, 5.41) is 9.74. The lowest BCUT2D eigenvalue weighted by molar-refractivity contribution is 0.0692. The number of para-hydroxylation sites is 1. The van der Waals surface area contributed by atoms with Crippen LogP contribution >= 0.6 is 0 Å². The molecule has 18 heavy (non-hydrogen) atoms. The molecular weight excluding hydrogens is 235 g/mol. The maximum Gasteiger partial charge on any atom is 0.353 e. The van der Waals surface area contributed by atoms with Gasteiger partial charge >= 0.3 is 5.97 Å². The summed E-state index contributed by atoms with van der Waals surface area (Å²) in [5.74, 6) is -1.40. The predicted octanol–water partition coefficient (Wildman–Crippen LogP) is 3.00. The summed E-state index contributed by atoms with van der Waals surface area (Å²) in [6, 6.07) is 8.12. The van der Waals surface area contributed by atoms with E-state index in [1.165, 1.54) is 6.07 Å². The largest absolute Gasteiger partial charge is 0.477 e. The van der Waals surface area contributed by atoms with Crippen LogP contribution < -0.4 is 0 Å². The van der Waals surface area contributed by atoms with E-state index in [0.29, 0.717) is 22.2 Å². The van der Waals surface area contributed by atoms with E-state index in [4.69, 9.17) is 5.11 Å². The summed E-state index contributed by atoms with van der Waals surface area (Å²) in [5.41, 5.74) is 1.55. The van der Waals surface area contributed by atoms with Gasteiger partial charge in [0.2, 0.25) is 0 Å². The molecular formula is C13H9FN2O2. The Kier molecular flexibility index (Phi) is 2.19. The van der Waals surface area contributed by atoms with Crippen LogP contribution in [-0.2, 0) is 0 Å². The van der Waals surface area contributed by atoms with Crippen LogP contribution in [0.3, 0.4) is 0 Å². The second-order valence-electron chi connectivity index (χ2n) is 3.96. The van der Waals surface area contributed by atoms with Crippen molar-refractivity contribution in [2.75, 3.05) is 0 Å². The van der Waals surface area contributed by atoms with E-state index in [-0.39, 0.29) is 11.5 Å². The Labute approximate surface area is 101 Å². The third-order valence-corrected chi connectivity index (χ3v) is 2.86. The summed E-state index contributed by atoms with van der Waals surface area (Å²) in [6.07, 6.45) is 1.54. The zero-order valence-electron chi connectivity index (χ0n) is 9.20. The van der Waals surface area contributed by atoms with Crippen LogP contribution in [0.15, 0.2) is 36.5 Å². The molecule has 0 amide bonds. The highest BCUT2D eigenvalue weighted by atomic mass is 19.1. The molecule has 0 bridgehead atoms. The second-order valence-corrected chi connectivity index (χ2v) is 3.96. The van der Waals surface area contributed by atoms with E-state index in [1.807, 2.05) is 0 Å². The molecule has 3 rings (SSSR count). The number of benzene rings is 1. The fourth-order valence-corrected chi connectivity index (χ4v) is 2.04. The van der Waals surface area contributed by atoms with Gasteiger partial charge in [0, 0.05) is 22.8 Å². The molecule has 0 fully saturated rings. The summed E-state index contributed by atoms with van der Waals surface area (Å²) in [4.78, 5) is 16.6. The van der Waals surface area contributed by atoms with Crippen molar-refractivity contribution in [3.8, 4) is 11.3 Å². The molecule has 0 aliphatic heterocycles. The molecule has 2 heterocycles. The number of carboxylic acid groups (broad SMARTS) is 1. The molecule has 90 valence electrons. The number of fused-ring (bicyclic) bond motifs is 1. The first-order valence-corrected chi connectivity index (χ1v) is 5.35. The van der Waals surface area contributed by atoms with Crippen molar-refractivity contribution in [3.05, 3.63) is 48.0 Å². The molecule has 3 N–H and O–H groups in total. The fourth-order valence-electron chi connectivity index (χ4n) is 2.04. The number of hydrogen-bond donors (Lipinski definition) is 3. The van der Waals surface area contributed by atoms with Gasteiger partial charge in [-0.3, -0.25) is 0 Å². The van der Waals surface area contributed by atoms with Crippen molar-refractivity contribution in [1.82, 2.24) is 9.97 Å². The first-order valence-electron chi connectivity index (χ1n) is 5.35. The molecule has 0 unspecified atom stereocenters. The number of H-pyrrole nitrogens is 2. The summed E-state index contributed by atoms with van der Waals surface area (Å²) >= 11 is 0. The van der Waals surface area contributed by atoms with Crippen LogP contribution in [0.5, 0.6) is 0 Å². The maximum atomic E-state index is 13.5. The number of hydrogen-bond acceptors (Lipinski definition) is 1. The van der Waals surface area contributed by atoms with E-state index >= 15 is 0 Å². The number of rotatable bonds is 2. The highest BCUT2D eigenvalue weighted by molar-refractivity contribution is 5.96. The summed E-state index contributed by atoms with van der Waals surface area (Å²) in [6.45, 7) is 0. The molecule has 2 aromatic heterocycles. The topological polar surface area (TPSA) is 68.9 Å². The first kappa shape index (κ1) is 10.6.